The number of halogens is 1. The van der Waals surface area contributed by atoms with E-state index < -0.39 is 0 Å². The Kier molecular flexibility index (Phi) is 4.98. The van der Waals surface area contributed by atoms with Crippen LogP contribution in [0.15, 0.2) is 24.3 Å². The summed E-state index contributed by atoms with van der Waals surface area (Å²) in [6.07, 6.45) is 9.91. The molecule has 1 unspecified atom stereocenters. The van der Waals surface area contributed by atoms with Gasteiger partial charge in [0.1, 0.15) is 0 Å². The summed E-state index contributed by atoms with van der Waals surface area (Å²) in [6, 6.07) is 8.48. The number of hydrogen-bond acceptors (Lipinski definition) is 1. The lowest BCUT2D eigenvalue weighted by Crippen LogP contribution is -2.57. The summed E-state index contributed by atoms with van der Waals surface area (Å²) in [6.45, 7) is 3.07. The van der Waals surface area contributed by atoms with Gasteiger partial charge in [-0.15, -0.1) is 0 Å². The van der Waals surface area contributed by atoms with Crippen molar-refractivity contribution in [1.82, 2.24) is 10.6 Å². The number of benzene rings is 1. The molecule has 2 N–H and O–H groups in total. The van der Waals surface area contributed by atoms with Crippen molar-refractivity contribution in [3.05, 3.63) is 34.9 Å². The minimum absolute atomic E-state index is 0.496. The van der Waals surface area contributed by atoms with Crippen molar-refractivity contribution in [1.29, 1.82) is 0 Å². The van der Waals surface area contributed by atoms with Crippen LogP contribution in [0.4, 0.5) is 0 Å². The second kappa shape index (κ2) is 7.08. The van der Waals surface area contributed by atoms with Crippen LogP contribution < -0.4 is 10.6 Å². The van der Waals surface area contributed by atoms with Crippen LogP contribution in [0.3, 0.4) is 0 Å². The van der Waals surface area contributed by atoms with E-state index in [0.29, 0.717) is 11.5 Å². The lowest BCUT2D eigenvalue weighted by atomic mass is 9.47. The van der Waals surface area contributed by atoms with Crippen molar-refractivity contribution in [2.45, 2.75) is 64.5 Å². The molecule has 25 heavy (non-hydrogen) atoms. The number of rotatable bonds is 5. The van der Waals surface area contributed by atoms with Gasteiger partial charge in [0.25, 0.3) is 0 Å². The van der Waals surface area contributed by atoms with Crippen LogP contribution in [0.2, 0.25) is 5.02 Å². The van der Waals surface area contributed by atoms with Crippen LogP contribution >= 0.6 is 23.8 Å². The van der Waals surface area contributed by atoms with E-state index >= 15 is 0 Å². The highest BCUT2D eigenvalue weighted by atomic mass is 35.5. The van der Waals surface area contributed by atoms with Gasteiger partial charge in [-0.05, 0) is 98.0 Å². The molecular weight excluding hydrogens is 348 g/mol. The third-order valence-corrected chi connectivity index (χ3v) is 7.42. The Hall–Kier alpha value is -0.800. The normalized spacial score (nSPS) is 33.9. The van der Waals surface area contributed by atoms with Gasteiger partial charge in [0.2, 0.25) is 0 Å². The first kappa shape index (κ1) is 17.6. The number of nitrogens with one attached hydrogen (secondary N) is 2. The Morgan fingerprint density at radius 2 is 1.68 bits per heavy atom. The van der Waals surface area contributed by atoms with Crippen molar-refractivity contribution in [3.8, 4) is 0 Å². The average molecular weight is 377 g/mol. The van der Waals surface area contributed by atoms with Crippen molar-refractivity contribution in [2.75, 3.05) is 0 Å². The fourth-order valence-electron chi connectivity index (χ4n) is 6.29. The lowest BCUT2D eigenvalue weighted by molar-refractivity contribution is -0.0711. The topological polar surface area (TPSA) is 24.1 Å². The molecule has 1 atom stereocenters. The Morgan fingerprint density at radius 3 is 2.20 bits per heavy atom. The van der Waals surface area contributed by atoms with E-state index in [-0.39, 0.29) is 0 Å². The fourth-order valence-corrected chi connectivity index (χ4v) is 6.63. The van der Waals surface area contributed by atoms with Gasteiger partial charge in [0.15, 0.2) is 5.11 Å². The van der Waals surface area contributed by atoms with Crippen molar-refractivity contribution >= 4 is 28.9 Å². The standard InChI is InChI=1S/C21H29ClN2S/c1-2-19(21-10-15-7-16(11-21)9-17(8-15)12-21)24-20(25)23-13-14-3-5-18(22)6-4-14/h3-6,15-17,19H,2,7-13H2,1H3,(H2,23,24,25). The molecule has 136 valence electrons. The SMILES string of the molecule is CCC(NC(=S)NCc1ccc(Cl)cc1)C12CC3CC(CC(C3)C1)C2. The minimum atomic E-state index is 0.496. The zero-order valence-corrected chi connectivity index (χ0v) is 16.6. The predicted molar refractivity (Wildman–Crippen MR) is 109 cm³/mol. The van der Waals surface area contributed by atoms with E-state index in [1.807, 2.05) is 24.3 Å². The van der Waals surface area contributed by atoms with Crippen LogP contribution in [0.5, 0.6) is 0 Å². The van der Waals surface area contributed by atoms with Crippen LogP contribution in [0.1, 0.15) is 57.4 Å². The molecule has 4 aliphatic carbocycles. The second-order valence-corrected chi connectivity index (χ2v) is 9.54. The van der Waals surface area contributed by atoms with Gasteiger partial charge in [-0.3, -0.25) is 0 Å². The summed E-state index contributed by atoms with van der Waals surface area (Å²) in [4.78, 5) is 0. The first-order chi connectivity index (χ1) is 12.1. The summed E-state index contributed by atoms with van der Waals surface area (Å²) in [5.74, 6) is 2.95. The summed E-state index contributed by atoms with van der Waals surface area (Å²) in [5, 5.41) is 8.67. The van der Waals surface area contributed by atoms with Crippen molar-refractivity contribution in [3.63, 3.8) is 0 Å². The fraction of sp³-hybridized carbons (Fsp3) is 0.667. The maximum atomic E-state index is 5.95. The van der Waals surface area contributed by atoms with Crippen LogP contribution in [0.25, 0.3) is 0 Å². The molecule has 4 heteroatoms. The van der Waals surface area contributed by atoms with Gasteiger partial charge in [-0.2, -0.15) is 0 Å². The third kappa shape index (κ3) is 3.68. The smallest absolute Gasteiger partial charge is 0.166 e. The average Bonchev–Trinajstić information content (AvgIpc) is 2.58. The van der Waals surface area contributed by atoms with E-state index in [4.69, 9.17) is 23.8 Å². The Morgan fingerprint density at radius 1 is 1.12 bits per heavy atom. The monoisotopic (exact) mass is 376 g/mol. The molecule has 4 bridgehead atoms. The van der Waals surface area contributed by atoms with Gasteiger partial charge in [-0.1, -0.05) is 30.7 Å². The molecule has 1 aromatic rings. The Balaban J connectivity index is 1.37. The molecule has 1 aromatic carbocycles. The van der Waals surface area contributed by atoms with Gasteiger partial charge in [0, 0.05) is 17.6 Å². The largest absolute Gasteiger partial charge is 0.359 e. The molecule has 0 aliphatic heterocycles. The summed E-state index contributed by atoms with van der Waals surface area (Å²) < 4.78 is 0. The molecule has 4 fully saturated rings. The van der Waals surface area contributed by atoms with E-state index in [1.165, 1.54) is 44.1 Å². The third-order valence-electron chi connectivity index (χ3n) is 6.90. The van der Waals surface area contributed by atoms with Gasteiger partial charge >= 0.3 is 0 Å². The summed E-state index contributed by atoms with van der Waals surface area (Å²) in [7, 11) is 0. The first-order valence-electron chi connectivity index (χ1n) is 9.85. The summed E-state index contributed by atoms with van der Waals surface area (Å²) >= 11 is 11.6. The maximum absolute atomic E-state index is 5.95. The Bertz CT molecular complexity index is 592. The van der Waals surface area contributed by atoms with Crippen LogP contribution in [-0.2, 0) is 6.54 Å². The molecule has 4 aliphatic rings. The lowest BCUT2D eigenvalue weighted by Gasteiger charge is -2.59. The molecule has 2 nitrogen and oxygen atoms in total. The zero-order valence-electron chi connectivity index (χ0n) is 15.1. The quantitative estimate of drug-likeness (QED) is 0.682. The van der Waals surface area contributed by atoms with E-state index in [1.54, 1.807) is 0 Å². The molecule has 5 rings (SSSR count). The highest BCUT2D eigenvalue weighted by molar-refractivity contribution is 7.80. The molecule has 0 radical (unpaired) electrons. The molecular formula is C21H29ClN2S. The van der Waals surface area contributed by atoms with E-state index in [9.17, 15) is 0 Å². The van der Waals surface area contributed by atoms with Gasteiger partial charge < -0.3 is 10.6 Å². The van der Waals surface area contributed by atoms with E-state index in [0.717, 1.165) is 40.9 Å². The molecule has 0 heterocycles. The minimum Gasteiger partial charge on any atom is -0.359 e. The zero-order chi connectivity index (χ0) is 17.4. The molecule has 4 saturated carbocycles. The Labute approximate surface area is 162 Å². The van der Waals surface area contributed by atoms with E-state index in [2.05, 4.69) is 17.6 Å². The summed E-state index contributed by atoms with van der Waals surface area (Å²) in [5.41, 5.74) is 1.70. The van der Waals surface area contributed by atoms with Crippen LogP contribution in [-0.4, -0.2) is 11.2 Å². The van der Waals surface area contributed by atoms with Gasteiger partial charge in [0.05, 0.1) is 0 Å². The number of hydrogen-bond donors (Lipinski definition) is 2. The first-order valence-corrected chi connectivity index (χ1v) is 10.6. The predicted octanol–water partition coefficient (Wildman–Crippen LogP) is 5.30. The second-order valence-electron chi connectivity index (χ2n) is 8.69. The van der Waals surface area contributed by atoms with Crippen molar-refractivity contribution in [2.24, 2.45) is 23.2 Å². The molecule has 0 amide bonds. The van der Waals surface area contributed by atoms with Gasteiger partial charge in [-0.25, -0.2) is 0 Å². The molecule has 0 saturated heterocycles. The van der Waals surface area contributed by atoms with Crippen molar-refractivity contribution < 1.29 is 0 Å². The maximum Gasteiger partial charge on any atom is 0.166 e. The molecule has 0 aromatic heterocycles. The van der Waals surface area contributed by atoms with Crippen LogP contribution in [0, 0.1) is 23.2 Å². The highest BCUT2D eigenvalue weighted by Gasteiger charge is 2.53. The molecule has 0 spiro atoms. The number of thiocarbonyl (C=S) groups is 1. The highest BCUT2D eigenvalue weighted by Crippen LogP contribution is 2.61.